The quantitative estimate of drug-likeness (QED) is 0.240. The van der Waals surface area contributed by atoms with Crippen LogP contribution in [0.2, 0.25) is 0 Å². The van der Waals surface area contributed by atoms with Crippen LogP contribution in [0.15, 0.2) is 79.5 Å². The normalized spacial score (nSPS) is 27.7. The van der Waals surface area contributed by atoms with Crippen molar-refractivity contribution in [3.63, 3.8) is 0 Å². The van der Waals surface area contributed by atoms with E-state index in [0.29, 0.717) is 18.8 Å². The summed E-state index contributed by atoms with van der Waals surface area (Å²) in [5.41, 5.74) is 8.41. The fourth-order valence-electron chi connectivity index (χ4n) is 4.74. The number of carbonyl (C=O) groups is 1. The molecule has 4 aliphatic rings. The van der Waals surface area contributed by atoms with Gasteiger partial charge in [-0.2, -0.15) is 0 Å². The lowest BCUT2D eigenvalue weighted by Crippen LogP contribution is -2.42. The number of carbonyl (C=O) groups excluding carboxylic acids is 1. The molecule has 192 valence electrons. The highest BCUT2D eigenvalue weighted by molar-refractivity contribution is 8.01. The van der Waals surface area contributed by atoms with E-state index in [2.05, 4.69) is 58.1 Å². The van der Waals surface area contributed by atoms with E-state index < -0.39 is 5.41 Å². The second-order valence-corrected chi connectivity index (χ2v) is 11.4. The Labute approximate surface area is 221 Å². The molecule has 36 heavy (non-hydrogen) atoms. The summed E-state index contributed by atoms with van der Waals surface area (Å²) in [5, 5.41) is 15.7. The Morgan fingerprint density at radius 3 is 2.86 bits per heavy atom. The average molecular weight is 527 g/mol. The minimum Gasteiger partial charge on any atom is -0.399 e. The first-order chi connectivity index (χ1) is 17.5. The number of thioether (sulfide) groups is 1. The molecule has 2 unspecified atom stereocenters. The maximum absolute atomic E-state index is 13.2. The minimum absolute atomic E-state index is 0.0439. The largest absolute Gasteiger partial charge is 0.399 e. The Hall–Kier alpha value is -2.62. The number of amidine groups is 1. The number of amides is 1. The lowest BCUT2D eigenvalue weighted by molar-refractivity contribution is -0.137. The van der Waals surface area contributed by atoms with Crippen LogP contribution in [-0.4, -0.2) is 66.6 Å². The molecular weight excluding hydrogens is 492 g/mol. The van der Waals surface area contributed by atoms with Gasteiger partial charge in [0.2, 0.25) is 5.91 Å². The molecule has 1 aliphatic heterocycles. The second kappa shape index (κ2) is 12.1. The molecule has 0 spiro atoms. The summed E-state index contributed by atoms with van der Waals surface area (Å²) in [7, 11) is 3.22. The third-order valence-electron chi connectivity index (χ3n) is 6.83. The van der Waals surface area contributed by atoms with E-state index in [1.54, 1.807) is 35.0 Å². The SMILES string of the molecule is CN=C(N)CSc1cccs1.CON=C1C[C@@H](CO)N(C(=O)C23C=CC(C4=CCCC=C4)=CC2C3)C1. The topological polar surface area (TPSA) is 101 Å². The van der Waals surface area contributed by atoms with Crippen LogP contribution in [0.5, 0.6) is 0 Å². The summed E-state index contributed by atoms with van der Waals surface area (Å²) in [6, 6.07) is 3.92. The molecule has 1 aromatic rings. The third kappa shape index (κ3) is 6.02. The lowest BCUT2D eigenvalue weighted by Gasteiger charge is -2.27. The highest BCUT2D eigenvalue weighted by Crippen LogP contribution is 2.59. The number of nitrogens with zero attached hydrogens (tertiary/aromatic N) is 3. The molecule has 0 radical (unpaired) electrons. The molecule has 9 heteroatoms. The Balaban J connectivity index is 0.000000233. The number of thiophene rings is 1. The van der Waals surface area contributed by atoms with Crippen LogP contribution >= 0.6 is 23.1 Å². The number of oxime groups is 1. The Morgan fingerprint density at radius 2 is 2.22 bits per heavy atom. The monoisotopic (exact) mass is 526 g/mol. The fraction of sp³-hybridized carbons (Fsp3) is 0.444. The molecule has 3 aliphatic carbocycles. The van der Waals surface area contributed by atoms with E-state index in [1.807, 2.05) is 6.07 Å². The summed E-state index contributed by atoms with van der Waals surface area (Å²) >= 11 is 3.45. The van der Waals surface area contributed by atoms with Gasteiger partial charge in [-0.25, -0.2) is 0 Å². The Kier molecular flexibility index (Phi) is 8.87. The van der Waals surface area contributed by atoms with E-state index in [4.69, 9.17) is 10.6 Å². The highest BCUT2D eigenvalue weighted by Gasteiger charge is 2.60. The summed E-state index contributed by atoms with van der Waals surface area (Å²) in [5.74, 6) is 1.86. The van der Waals surface area contributed by atoms with E-state index in [0.717, 1.165) is 30.7 Å². The molecule has 5 rings (SSSR count). The van der Waals surface area contributed by atoms with Gasteiger partial charge < -0.3 is 20.6 Å². The average Bonchev–Trinajstić information content (AvgIpc) is 3.21. The van der Waals surface area contributed by atoms with Crippen molar-refractivity contribution in [1.82, 2.24) is 4.90 Å². The molecule has 3 atom stereocenters. The summed E-state index contributed by atoms with van der Waals surface area (Å²) in [4.78, 5) is 23.7. The van der Waals surface area contributed by atoms with Crippen molar-refractivity contribution in [2.45, 2.75) is 35.9 Å². The number of aliphatic imine (C=N–C) groups is 1. The third-order valence-corrected chi connectivity index (χ3v) is 8.99. The summed E-state index contributed by atoms with van der Waals surface area (Å²) < 4.78 is 1.29. The summed E-state index contributed by atoms with van der Waals surface area (Å²) in [6.07, 6.45) is 16.7. The van der Waals surface area contributed by atoms with Gasteiger partial charge in [-0.1, -0.05) is 47.7 Å². The number of hydrogen-bond acceptors (Lipinski definition) is 7. The molecule has 1 amide bonds. The molecule has 2 fully saturated rings. The van der Waals surface area contributed by atoms with Gasteiger partial charge in [-0.05, 0) is 47.8 Å². The smallest absolute Gasteiger partial charge is 0.233 e. The zero-order valence-electron chi connectivity index (χ0n) is 20.8. The zero-order valence-corrected chi connectivity index (χ0v) is 22.4. The molecule has 7 nitrogen and oxygen atoms in total. The summed E-state index contributed by atoms with van der Waals surface area (Å²) in [6.45, 7) is 0.405. The van der Waals surface area contributed by atoms with Crippen molar-refractivity contribution in [1.29, 1.82) is 0 Å². The predicted molar refractivity (Wildman–Crippen MR) is 148 cm³/mol. The van der Waals surface area contributed by atoms with Gasteiger partial charge in [0, 0.05) is 13.5 Å². The van der Waals surface area contributed by atoms with Crippen LogP contribution in [0.25, 0.3) is 0 Å². The van der Waals surface area contributed by atoms with Crippen LogP contribution in [0, 0.1) is 11.3 Å². The van der Waals surface area contributed by atoms with Gasteiger partial charge >= 0.3 is 0 Å². The predicted octanol–water partition coefficient (Wildman–Crippen LogP) is 4.19. The number of hydrogen-bond donors (Lipinski definition) is 2. The highest BCUT2D eigenvalue weighted by atomic mass is 32.2. The Bertz CT molecular complexity index is 1120. The maximum atomic E-state index is 13.2. The minimum atomic E-state index is -0.418. The fourth-order valence-corrected chi connectivity index (χ4v) is 6.40. The molecule has 2 heterocycles. The first-order valence-electron chi connectivity index (χ1n) is 12.2. The van der Waals surface area contributed by atoms with E-state index >= 15 is 0 Å². The number of aliphatic hydroxyl groups is 1. The first-order valence-corrected chi connectivity index (χ1v) is 14.0. The molecule has 0 bridgehead atoms. The molecule has 1 aromatic heterocycles. The van der Waals surface area contributed by atoms with Crippen LogP contribution in [0.4, 0.5) is 0 Å². The van der Waals surface area contributed by atoms with Gasteiger partial charge in [0.25, 0.3) is 0 Å². The van der Waals surface area contributed by atoms with Crippen LogP contribution in [0.3, 0.4) is 0 Å². The molecular formula is C27H34N4O3S2. The standard InChI is InChI=1S/C20H24N2O3.C7H10N2S2/c1-25-21-17-10-18(13-23)22(12-17)19(24)20-8-7-15(9-16(20)11-20)14-5-3-2-4-6-14;1-9-6(8)5-11-7-3-2-4-10-7/h3,5-9,16,18,23H,2,4,10-13H2,1H3;2-4H,5H2,1H3,(H2,8,9)/t16?,18-,20?;/m0./s1. The molecule has 1 saturated carbocycles. The van der Waals surface area contributed by atoms with Crippen molar-refractivity contribution in [2.75, 3.05) is 33.1 Å². The van der Waals surface area contributed by atoms with Crippen LogP contribution < -0.4 is 5.73 Å². The number of likely N-dealkylation sites (tertiary alicyclic amines) is 1. The molecule has 3 N–H and O–H groups in total. The molecule has 1 saturated heterocycles. The maximum Gasteiger partial charge on any atom is 0.233 e. The number of fused-ring (bicyclic) bond motifs is 1. The van der Waals surface area contributed by atoms with Gasteiger partial charge in [0.05, 0.1) is 40.3 Å². The van der Waals surface area contributed by atoms with Crippen LogP contribution in [0.1, 0.15) is 25.7 Å². The van der Waals surface area contributed by atoms with E-state index in [-0.39, 0.29) is 24.5 Å². The van der Waals surface area contributed by atoms with Gasteiger partial charge in [-0.15, -0.1) is 23.1 Å². The van der Waals surface area contributed by atoms with Crippen molar-refractivity contribution >= 4 is 40.6 Å². The van der Waals surface area contributed by atoms with Crippen LogP contribution in [-0.2, 0) is 9.63 Å². The number of allylic oxidation sites excluding steroid dienone is 7. The van der Waals surface area contributed by atoms with Crippen molar-refractivity contribution in [3.8, 4) is 0 Å². The number of aliphatic hydroxyl groups excluding tert-OH is 1. The molecule has 0 aromatic carbocycles. The zero-order chi connectivity index (χ0) is 25.5. The number of rotatable bonds is 7. The van der Waals surface area contributed by atoms with Crippen molar-refractivity contribution in [3.05, 3.63) is 65.1 Å². The second-order valence-electron chi connectivity index (χ2n) is 9.19. The lowest BCUT2D eigenvalue weighted by atomic mass is 9.89. The van der Waals surface area contributed by atoms with Crippen molar-refractivity contribution < 1.29 is 14.7 Å². The van der Waals surface area contributed by atoms with Gasteiger partial charge in [-0.3, -0.25) is 9.79 Å². The van der Waals surface area contributed by atoms with Gasteiger partial charge in [0.1, 0.15) is 12.9 Å². The Morgan fingerprint density at radius 1 is 1.36 bits per heavy atom. The van der Waals surface area contributed by atoms with Gasteiger partial charge in [0.15, 0.2) is 0 Å². The first kappa shape index (κ1) is 26.4. The van der Waals surface area contributed by atoms with Crippen molar-refractivity contribution in [2.24, 2.45) is 27.2 Å². The number of nitrogens with two attached hydrogens (primary N) is 1. The van der Waals surface area contributed by atoms with E-state index in [9.17, 15) is 9.90 Å². The van der Waals surface area contributed by atoms with E-state index in [1.165, 1.54) is 22.5 Å².